The van der Waals surface area contributed by atoms with Gasteiger partial charge in [0.05, 0.1) is 12.7 Å². The first kappa shape index (κ1) is 12.9. The smallest absolute Gasteiger partial charge is 0.0609 e. The van der Waals surface area contributed by atoms with E-state index in [1.54, 1.807) is 0 Å². The number of rotatable bonds is 4. The van der Waals surface area contributed by atoms with Crippen molar-refractivity contribution in [2.75, 3.05) is 20.2 Å². The van der Waals surface area contributed by atoms with Crippen LogP contribution in [0.5, 0.6) is 0 Å². The maximum Gasteiger partial charge on any atom is 0.0609 e. The molecular weight excluding hydrogens is 190 g/mol. The van der Waals surface area contributed by atoms with Gasteiger partial charge in [-0.3, -0.25) is 4.90 Å². The van der Waals surface area contributed by atoms with Crippen LogP contribution in [0.4, 0.5) is 0 Å². The lowest BCUT2D eigenvalue weighted by Crippen LogP contribution is -2.48. The van der Waals surface area contributed by atoms with Gasteiger partial charge in [-0.1, -0.05) is 12.8 Å². The third-order valence-corrected chi connectivity index (χ3v) is 3.80. The zero-order valence-electron chi connectivity index (χ0n) is 10.2. The lowest BCUT2D eigenvalue weighted by molar-refractivity contribution is 0.0127. The highest BCUT2D eigenvalue weighted by atomic mass is 16.3. The lowest BCUT2D eigenvalue weighted by Gasteiger charge is -2.38. The Morgan fingerprint density at radius 3 is 2.40 bits per heavy atom. The molecule has 1 saturated carbocycles. The van der Waals surface area contributed by atoms with Crippen LogP contribution in [0.3, 0.4) is 0 Å². The highest BCUT2D eigenvalue weighted by molar-refractivity contribution is 4.83. The fourth-order valence-electron chi connectivity index (χ4n) is 2.12. The molecule has 1 aliphatic carbocycles. The zero-order chi connectivity index (χ0) is 11.5. The molecule has 0 aromatic rings. The SMILES string of the molecule is CN(CC1CCCCC1O)C(C)(C)CO. The minimum Gasteiger partial charge on any atom is -0.394 e. The Bertz CT molecular complexity index is 194. The van der Waals surface area contributed by atoms with Crippen LogP contribution in [-0.4, -0.2) is 47.0 Å². The number of aliphatic hydroxyl groups excluding tert-OH is 2. The quantitative estimate of drug-likeness (QED) is 0.741. The van der Waals surface area contributed by atoms with Crippen molar-refractivity contribution in [3.8, 4) is 0 Å². The average Bonchev–Trinajstić information content (AvgIpc) is 2.21. The Labute approximate surface area is 93.1 Å². The predicted molar refractivity (Wildman–Crippen MR) is 61.8 cm³/mol. The van der Waals surface area contributed by atoms with Crippen molar-refractivity contribution < 1.29 is 10.2 Å². The van der Waals surface area contributed by atoms with Crippen molar-refractivity contribution in [2.45, 2.75) is 51.2 Å². The van der Waals surface area contributed by atoms with Crippen LogP contribution in [0.2, 0.25) is 0 Å². The maximum atomic E-state index is 9.87. The van der Waals surface area contributed by atoms with E-state index in [1.807, 2.05) is 20.9 Å². The van der Waals surface area contributed by atoms with E-state index in [4.69, 9.17) is 0 Å². The highest BCUT2D eigenvalue weighted by Crippen LogP contribution is 2.26. The van der Waals surface area contributed by atoms with E-state index >= 15 is 0 Å². The molecule has 3 nitrogen and oxygen atoms in total. The first-order valence-corrected chi connectivity index (χ1v) is 5.97. The van der Waals surface area contributed by atoms with Crippen molar-refractivity contribution in [3.05, 3.63) is 0 Å². The van der Waals surface area contributed by atoms with Gasteiger partial charge in [0.1, 0.15) is 0 Å². The van der Waals surface area contributed by atoms with Gasteiger partial charge < -0.3 is 10.2 Å². The average molecular weight is 215 g/mol. The summed E-state index contributed by atoms with van der Waals surface area (Å²) in [5.41, 5.74) is -0.183. The van der Waals surface area contributed by atoms with Crippen LogP contribution in [0, 0.1) is 5.92 Å². The molecule has 1 rings (SSSR count). The van der Waals surface area contributed by atoms with E-state index in [9.17, 15) is 10.2 Å². The summed E-state index contributed by atoms with van der Waals surface area (Å²) in [5, 5.41) is 19.1. The fraction of sp³-hybridized carbons (Fsp3) is 1.00. The number of hydrogen-bond acceptors (Lipinski definition) is 3. The summed E-state index contributed by atoms with van der Waals surface area (Å²) in [6.45, 7) is 5.10. The van der Waals surface area contributed by atoms with E-state index in [0.717, 1.165) is 25.8 Å². The lowest BCUT2D eigenvalue weighted by atomic mass is 9.85. The molecule has 0 amide bonds. The summed E-state index contributed by atoms with van der Waals surface area (Å²) in [7, 11) is 2.03. The molecule has 0 saturated heterocycles. The summed E-state index contributed by atoms with van der Waals surface area (Å²) >= 11 is 0. The Kier molecular flexibility index (Phi) is 4.56. The normalized spacial score (nSPS) is 28.4. The molecule has 15 heavy (non-hydrogen) atoms. The van der Waals surface area contributed by atoms with Crippen molar-refractivity contribution in [1.82, 2.24) is 4.90 Å². The van der Waals surface area contributed by atoms with E-state index in [1.165, 1.54) is 6.42 Å². The molecule has 90 valence electrons. The van der Waals surface area contributed by atoms with Gasteiger partial charge in [-0.25, -0.2) is 0 Å². The summed E-state index contributed by atoms with van der Waals surface area (Å²) in [6.07, 6.45) is 4.31. The zero-order valence-corrected chi connectivity index (χ0v) is 10.2. The van der Waals surface area contributed by atoms with Crippen molar-refractivity contribution in [3.63, 3.8) is 0 Å². The molecule has 2 unspecified atom stereocenters. The molecule has 0 bridgehead atoms. The van der Waals surface area contributed by atoms with Gasteiger partial charge in [0.15, 0.2) is 0 Å². The van der Waals surface area contributed by atoms with Gasteiger partial charge in [-0.15, -0.1) is 0 Å². The van der Waals surface area contributed by atoms with Crippen LogP contribution in [-0.2, 0) is 0 Å². The molecule has 0 radical (unpaired) electrons. The van der Waals surface area contributed by atoms with E-state index in [2.05, 4.69) is 4.90 Å². The molecule has 2 atom stereocenters. The second kappa shape index (κ2) is 5.28. The van der Waals surface area contributed by atoms with E-state index in [-0.39, 0.29) is 18.2 Å². The molecule has 1 aliphatic rings. The summed E-state index contributed by atoms with van der Waals surface area (Å²) in [4.78, 5) is 2.16. The Morgan fingerprint density at radius 1 is 1.27 bits per heavy atom. The van der Waals surface area contributed by atoms with Crippen molar-refractivity contribution in [1.29, 1.82) is 0 Å². The topological polar surface area (TPSA) is 43.7 Å². The second-order valence-electron chi connectivity index (χ2n) is 5.46. The molecule has 1 fully saturated rings. The molecule has 3 heteroatoms. The largest absolute Gasteiger partial charge is 0.394 e. The number of hydrogen-bond donors (Lipinski definition) is 2. The van der Waals surface area contributed by atoms with Crippen LogP contribution < -0.4 is 0 Å². The van der Waals surface area contributed by atoms with Gasteiger partial charge in [-0.05, 0) is 39.7 Å². The first-order valence-electron chi connectivity index (χ1n) is 5.97. The van der Waals surface area contributed by atoms with E-state index < -0.39 is 0 Å². The predicted octanol–water partition coefficient (Wildman–Crippen LogP) is 1.24. The van der Waals surface area contributed by atoms with Gasteiger partial charge >= 0.3 is 0 Å². The molecule has 0 aromatic heterocycles. The Hall–Kier alpha value is -0.120. The molecule has 0 aromatic carbocycles. The fourth-order valence-corrected chi connectivity index (χ4v) is 2.12. The highest BCUT2D eigenvalue weighted by Gasteiger charge is 2.29. The van der Waals surface area contributed by atoms with Crippen LogP contribution in [0.1, 0.15) is 39.5 Å². The minimum atomic E-state index is -0.183. The molecule has 0 spiro atoms. The minimum absolute atomic E-state index is 0.143. The summed E-state index contributed by atoms with van der Waals surface area (Å²) in [6, 6.07) is 0. The molecule has 2 N–H and O–H groups in total. The van der Waals surface area contributed by atoms with Gasteiger partial charge in [-0.2, -0.15) is 0 Å². The number of aliphatic hydroxyl groups is 2. The second-order valence-corrected chi connectivity index (χ2v) is 5.46. The Balaban J connectivity index is 2.45. The monoisotopic (exact) mass is 215 g/mol. The van der Waals surface area contributed by atoms with Crippen LogP contribution >= 0.6 is 0 Å². The molecule has 0 heterocycles. The van der Waals surface area contributed by atoms with Crippen molar-refractivity contribution >= 4 is 0 Å². The maximum absolute atomic E-state index is 9.87. The molecular formula is C12H25NO2. The summed E-state index contributed by atoms with van der Waals surface area (Å²) < 4.78 is 0. The van der Waals surface area contributed by atoms with Gasteiger partial charge in [0, 0.05) is 12.1 Å². The van der Waals surface area contributed by atoms with Gasteiger partial charge in [0.25, 0.3) is 0 Å². The van der Waals surface area contributed by atoms with Crippen LogP contribution in [0.15, 0.2) is 0 Å². The third-order valence-electron chi connectivity index (χ3n) is 3.80. The third kappa shape index (κ3) is 3.44. The number of nitrogens with zero attached hydrogens (tertiary/aromatic N) is 1. The first-order chi connectivity index (χ1) is 6.97. The molecule has 0 aliphatic heterocycles. The van der Waals surface area contributed by atoms with E-state index in [0.29, 0.717) is 5.92 Å². The standard InChI is InChI=1S/C12H25NO2/c1-12(2,9-14)13(3)8-10-6-4-5-7-11(10)15/h10-11,14-15H,4-9H2,1-3H3. The summed E-state index contributed by atoms with van der Waals surface area (Å²) in [5.74, 6) is 0.384. The van der Waals surface area contributed by atoms with Crippen LogP contribution in [0.25, 0.3) is 0 Å². The number of likely N-dealkylation sites (N-methyl/N-ethyl adjacent to an activating group) is 1. The Morgan fingerprint density at radius 2 is 1.87 bits per heavy atom. The van der Waals surface area contributed by atoms with Crippen molar-refractivity contribution in [2.24, 2.45) is 5.92 Å². The van der Waals surface area contributed by atoms with Gasteiger partial charge in [0.2, 0.25) is 0 Å².